The van der Waals surface area contributed by atoms with Crippen molar-refractivity contribution in [2.24, 2.45) is 0 Å². The van der Waals surface area contributed by atoms with Crippen LogP contribution in [0.25, 0.3) is 0 Å². The molecule has 0 radical (unpaired) electrons. The van der Waals surface area contributed by atoms with Crippen molar-refractivity contribution in [3.8, 4) is 11.5 Å². The zero-order valence-electron chi connectivity index (χ0n) is 13.4. The summed E-state index contributed by atoms with van der Waals surface area (Å²) in [7, 11) is 3.19. The quantitative estimate of drug-likeness (QED) is 0.731. The third-order valence-electron chi connectivity index (χ3n) is 3.80. The van der Waals surface area contributed by atoms with E-state index in [0.29, 0.717) is 41.7 Å². The molecule has 0 spiro atoms. The molecule has 3 rings (SSSR count). The summed E-state index contributed by atoms with van der Waals surface area (Å²) >= 11 is 3.23. The molecule has 0 saturated carbocycles. The molecule has 2 aromatic rings. The summed E-state index contributed by atoms with van der Waals surface area (Å²) in [6.07, 6.45) is 1.62. The van der Waals surface area contributed by atoms with Gasteiger partial charge in [-0.05, 0) is 39.7 Å². The Morgan fingerprint density at radius 1 is 1.17 bits per heavy atom. The van der Waals surface area contributed by atoms with Gasteiger partial charge in [-0.3, -0.25) is 4.90 Å². The molecule has 8 heteroatoms. The number of hydrogen-bond donors (Lipinski definition) is 0. The van der Waals surface area contributed by atoms with E-state index in [2.05, 4.69) is 25.9 Å². The van der Waals surface area contributed by atoms with Gasteiger partial charge in [0.25, 0.3) is 0 Å². The van der Waals surface area contributed by atoms with Crippen LogP contribution in [0.3, 0.4) is 0 Å². The first-order chi connectivity index (χ1) is 11.6. The molecular formula is C16H17BrN4O3. The Labute approximate surface area is 148 Å². The van der Waals surface area contributed by atoms with Crippen LogP contribution in [0.2, 0.25) is 0 Å². The number of carbonyl (C=O) groups excluding carboxylic acids is 1. The predicted molar refractivity (Wildman–Crippen MR) is 92.4 cm³/mol. The van der Waals surface area contributed by atoms with Crippen LogP contribution in [0.4, 0.5) is 10.6 Å². The van der Waals surface area contributed by atoms with Crippen molar-refractivity contribution in [2.45, 2.75) is 6.54 Å². The fourth-order valence-electron chi connectivity index (χ4n) is 2.62. The number of urea groups is 1. The minimum absolute atomic E-state index is 0.0737. The van der Waals surface area contributed by atoms with Gasteiger partial charge in [0.15, 0.2) is 16.2 Å². The molecular weight excluding hydrogens is 376 g/mol. The van der Waals surface area contributed by atoms with Crippen LogP contribution < -0.4 is 14.4 Å². The second-order valence-electron chi connectivity index (χ2n) is 5.23. The largest absolute Gasteiger partial charge is 0.493 e. The monoisotopic (exact) mass is 392 g/mol. The summed E-state index contributed by atoms with van der Waals surface area (Å²) in [5.74, 6) is 1.91. The number of ether oxygens (including phenoxy) is 2. The molecule has 0 aliphatic carbocycles. The topological polar surface area (TPSA) is 67.8 Å². The van der Waals surface area contributed by atoms with E-state index in [1.807, 2.05) is 18.2 Å². The third kappa shape index (κ3) is 3.28. The van der Waals surface area contributed by atoms with E-state index >= 15 is 0 Å². The number of benzene rings is 1. The highest BCUT2D eigenvalue weighted by Crippen LogP contribution is 2.29. The zero-order valence-corrected chi connectivity index (χ0v) is 15.0. The molecule has 2 heterocycles. The summed E-state index contributed by atoms with van der Waals surface area (Å²) in [6, 6.07) is 7.31. The van der Waals surface area contributed by atoms with E-state index in [1.165, 1.54) is 0 Å². The Bertz CT molecular complexity index is 756. The van der Waals surface area contributed by atoms with E-state index in [-0.39, 0.29) is 6.03 Å². The molecule has 0 bridgehead atoms. The molecule has 7 nitrogen and oxygen atoms in total. The normalized spacial score (nSPS) is 14.2. The molecule has 0 unspecified atom stereocenters. The van der Waals surface area contributed by atoms with Gasteiger partial charge in [0.1, 0.15) is 5.82 Å². The van der Waals surface area contributed by atoms with E-state index in [0.717, 1.165) is 5.56 Å². The van der Waals surface area contributed by atoms with Crippen LogP contribution in [0.5, 0.6) is 11.5 Å². The Morgan fingerprint density at radius 3 is 2.67 bits per heavy atom. The fraction of sp³-hybridized carbons (Fsp3) is 0.312. The summed E-state index contributed by atoms with van der Waals surface area (Å²) < 4.78 is 11.0. The first-order valence-corrected chi connectivity index (χ1v) is 8.17. The first-order valence-electron chi connectivity index (χ1n) is 7.38. The number of carbonyl (C=O) groups is 1. The number of anilines is 1. The number of amides is 2. The van der Waals surface area contributed by atoms with Crippen molar-refractivity contribution < 1.29 is 14.3 Å². The maximum Gasteiger partial charge on any atom is 0.326 e. The Hall–Kier alpha value is -2.35. The molecule has 1 aliphatic heterocycles. The molecule has 126 valence electrons. The lowest BCUT2D eigenvalue weighted by Gasteiger charge is -2.18. The molecule has 24 heavy (non-hydrogen) atoms. The SMILES string of the molecule is COc1ccc(CN2CCN(c3ccnc(Br)n3)C2=O)cc1OC. The van der Waals surface area contributed by atoms with Crippen LogP contribution in [-0.4, -0.2) is 48.2 Å². The highest BCUT2D eigenvalue weighted by atomic mass is 79.9. The van der Waals surface area contributed by atoms with Crippen LogP contribution in [0.1, 0.15) is 5.56 Å². The summed E-state index contributed by atoms with van der Waals surface area (Å²) in [5.41, 5.74) is 0.978. The van der Waals surface area contributed by atoms with E-state index in [1.54, 1.807) is 36.3 Å². The van der Waals surface area contributed by atoms with E-state index in [4.69, 9.17) is 9.47 Å². The van der Waals surface area contributed by atoms with Crippen molar-refractivity contribution in [1.29, 1.82) is 0 Å². The second kappa shape index (κ2) is 7.04. The zero-order chi connectivity index (χ0) is 17.1. The average Bonchev–Trinajstić information content (AvgIpc) is 2.95. The summed E-state index contributed by atoms with van der Waals surface area (Å²) in [5, 5.41) is 0. The van der Waals surface area contributed by atoms with Gasteiger partial charge in [-0.2, -0.15) is 0 Å². The Balaban J connectivity index is 1.74. The molecule has 1 aromatic heterocycles. The third-order valence-corrected chi connectivity index (χ3v) is 4.19. The van der Waals surface area contributed by atoms with Crippen molar-refractivity contribution in [3.63, 3.8) is 0 Å². The molecule has 1 aromatic carbocycles. The Kier molecular flexibility index (Phi) is 4.84. The second-order valence-corrected chi connectivity index (χ2v) is 5.94. The van der Waals surface area contributed by atoms with Gasteiger partial charge in [-0.25, -0.2) is 14.8 Å². The maximum atomic E-state index is 12.6. The molecule has 1 fully saturated rings. The van der Waals surface area contributed by atoms with Crippen molar-refractivity contribution in [1.82, 2.24) is 14.9 Å². The van der Waals surface area contributed by atoms with Crippen molar-refractivity contribution >= 4 is 27.8 Å². The molecule has 1 aliphatic rings. The molecule has 0 N–H and O–H groups in total. The van der Waals surface area contributed by atoms with Gasteiger partial charge in [0.2, 0.25) is 0 Å². The fourth-order valence-corrected chi connectivity index (χ4v) is 2.92. The average molecular weight is 393 g/mol. The van der Waals surface area contributed by atoms with Crippen LogP contribution in [0, 0.1) is 0 Å². The lowest BCUT2D eigenvalue weighted by molar-refractivity contribution is 0.218. The van der Waals surface area contributed by atoms with Gasteiger partial charge in [0.05, 0.1) is 14.2 Å². The Morgan fingerprint density at radius 2 is 1.96 bits per heavy atom. The van der Waals surface area contributed by atoms with Crippen molar-refractivity contribution in [3.05, 3.63) is 40.8 Å². The number of methoxy groups -OCH3 is 2. The number of nitrogens with zero attached hydrogens (tertiary/aromatic N) is 4. The highest BCUT2D eigenvalue weighted by Gasteiger charge is 2.30. The van der Waals surface area contributed by atoms with Crippen LogP contribution in [0.15, 0.2) is 35.2 Å². The van der Waals surface area contributed by atoms with E-state index in [9.17, 15) is 4.79 Å². The van der Waals surface area contributed by atoms with Crippen molar-refractivity contribution in [2.75, 3.05) is 32.2 Å². The molecule has 0 atom stereocenters. The number of hydrogen-bond acceptors (Lipinski definition) is 5. The standard InChI is InChI=1S/C16H17BrN4O3/c1-23-12-4-3-11(9-13(12)24-2)10-20-7-8-21(16(20)22)14-5-6-18-15(17)19-14/h3-6,9H,7-8,10H2,1-2H3. The highest BCUT2D eigenvalue weighted by molar-refractivity contribution is 9.10. The van der Waals surface area contributed by atoms with Gasteiger partial charge >= 0.3 is 6.03 Å². The summed E-state index contributed by atoms with van der Waals surface area (Å²) in [6.45, 7) is 1.73. The van der Waals surface area contributed by atoms with Crippen LogP contribution in [-0.2, 0) is 6.54 Å². The lowest BCUT2D eigenvalue weighted by Crippen LogP contribution is -2.32. The first kappa shape index (κ1) is 16.5. The van der Waals surface area contributed by atoms with Gasteiger partial charge in [-0.1, -0.05) is 6.07 Å². The van der Waals surface area contributed by atoms with E-state index < -0.39 is 0 Å². The number of halogens is 1. The number of aromatic nitrogens is 2. The predicted octanol–water partition coefficient (Wildman–Crippen LogP) is 2.70. The minimum atomic E-state index is -0.0737. The molecule has 1 saturated heterocycles. The number of rotatable bonds is 5. The lowest BCUT2D eigenvalue weighted by atomic mass is 10.2. The van der Waals surface area contributed by atoms with Gasteiger partial charge in [-0.15, -0.1) is 0 Å². The summed E-state index contributed by atoms with van der Waals surface area (Å²) in [4.78, 5) is 24.3. The maximum absolute atomic E-state index is 12.6. The van der Waals surface area contributed by atoms with Gasteiger partial charge < -0.3 is 14.4 Å². The minimum Gasteiger partial charge on any atom is -0.493 e. The van der Waals surface area contributed by atoms with Gasteiger partial charge in [0, 0.05) is 25.8 Å². The molecule has 2 amide bonds. The van der Waals surface area contributed by atoms with Crippen LogP contribution >= 0.6 is 15.9 Å². The smallest absolute Gasteiger partial charge is 0.326 e.